The van der Waals surface area contributed by atoms with Crippen LogP contribution in [0.15, 0.2) is 24.5 Å². The van der Waals surface area contributed by atoms with Crippen molar-refractivity contribution >= 4 is 0 Å². The van der Waals surface area contributed by atoms with Gasteiger partial charge in [0.2, 0.25) is 0 Å². The molecule has 5 nitrogen and oxygen atoms in total. The van der Waals surface area contributed by atoms with Crippen LogP contribution < -0.4 is 4.74 Å². The number of ether oxygens (including phenoxy) is 1. The molecule has 104 valence electrons. The van der Waals surface area contributed by atoms with Crippen LogP contribution in [-0.4, -0.2) is 21.9 Å². The number of hydrogen-bond acceptors (Lipinski definition) is 4. The number of nitriles is 1. The third-order valence-corrected chi connectivity index (χ3v) is 2.94. The molecule has 0 atom stereocenters. The quantitative estimate of drug-likeness (QED) is 0.859. The number of aromatic nitrogens is 3. The smallest absolute Gasteiger partial charge is 0.155 e. The molecule has 0 radical (unpaired) electrons. The first-order valence-electron chi connectivity index (χ1n) is 6.41. The van der Waals surface area contributed by atoms with Gasteiger partial charge in [-0.15, -0.1) is 0 Å². The van der Waals surface area contributed by atoms with Gasteiger partial charge in [0, 0.05) is 5.41 Å². The van der Waals surface area contributed by atoms with Gasteiger partial charge >= 0.3 is 0 Å². The van der Waals surface area contributed by atoms with E-state index in [-0.39, 0.29) is 5.41 Å². The number of methoxy groups -OCH3 is 1. The average Bonchev–Trinajstić information content (AvgIpc) is 2.87. The molecule has 0 N–H and O–H groups in total. The second-order valence-electron chi connectivity index (χ2n) is 5.66. The highest BCUT2D eigenvalue weighted by Crippen LogP contribution is 2.20. The van der Waals surface area contributed by atoms with Crippen LogP contribution in [-0.2, 0) is 12.0 Å². The molecule has 1 aromatic heterocycles. The third kappa shape index (κ3) is 2.97. The molecule has 0 unspecified atom stereocenters. The lowest BCUT2D eigenvalue weighted by Gasteiger charge is -2.12. The molecule has 0 aliphatic heterocycles. The Bertz CT molecular complexity index is 647. The van der Waals surface area contributed by atoms with Crippen molar-refractivity contribution in [3.8, 4) is 11.8 Å². The Morgan fingerprint density at radius 3 is 2.65 bits per heavy atom. The Kier molecular flexibility index (Phi) is 3.75. The standard InChI is InChI=1S/C15H18N4O/c1-15(2,3)14-17-10-19(18-14)9-11-5-6-13(20-4)12(7-11)8-16/h5-7,10H,9H2,1-4H3. The van der Waals surface area contributed by atoms with Crippen molar-refractivity contribution in [2.24, 2.45) is 0 Å². The van der Waals surface area contributed by atoms with Crippen LogP contribution in [0.1, 0.15) is 37.7 Å². The van der Waals surface area contributed by atoms with E-state index >= 15 is 0 Å². The van der Waals surface area contributed by atoms with Gasteiger partial charge in [0.1, 0.15) is 18.1 Å². The summed E-state index contributed by atoms with van der Waals surface area (Å²) in [6.45, 7) is 6.82. The molecule has 5 heteroatoms. The number of benzene rings is 1. The zero-order valence-electron chi connectivity index (χ0n) is 12.2. The highest BCUT2D eigenvalue weighted by molar-refractivity contribution is 5.45. The summed E-state index contributed by atoms with van der Waals surface area (Å²) in [5.41, 5.74) is 1.46. The van der Waals surface area contributed by atoms with E-state index in [0.717, 1.165) is 11.4 Å². The third-order valence-electron chi connectivity index (χ3n) is 2.94. The zero-order valence-corrected chi connectivity index (χ0v) is 12.2. The molecule has 0 amide bonds. The van der Waals surface area contributed by atoms with Gasteiger partial charge in [0.15, 0.2) is 5.82 Å². The minimum Gasteiger partial charge on any atom is -0.495 e. The summed E-state index contributed by atoms with van der Waals surface area (Å²) >= 11 is 0. The van der Waals surface area contributed by atoms with Crippen LogP contribution in [0.4, 0.5) is 0 Å². The van der Waals surface area contributed by atoms with Crippen LogP contribution in [0.3, 0.4) is 0 Å². The molecule has 2 rings (SSSR count). The largest absolute Gasteiger partial charge is 0.495 e. The van der Waals surface area contributed by atoms with Crippen LogP contribution in [0.2, 0.25) is 0 Å². The van der Waals surface area contributed by atoms with E-state index in [9.17, 15) is 0 Å². The van der Waals surface area contributed by atoms with E-state index in [1.807, 2.05) is 12.1 Å². The maximum Gasteiger partial charge on any atom is 0.155 e. The van der Waals surface area contributed by atoms with Crippen molar-refractivity contribution < 1.29 is 4.74 Å². The minimum absolute atomic E-state index is 0.0665. The maximum atomic E-state index is 9.09. The van der Waals surface area contributed by atoms with Gasteiger partial charge in [-0.3, -0.25) is 0 Å². The van der Waals surface area contributed by atoms with Crippen LogP contribution in [0, 0.1) is 11.3 Å². The van der Waals surface area contributed by atoms with Crippen LogP contribution >= 0.6 is 0 Å². The van der Waals surface area contributed by atoms with Gasteiger partial charge in [-0.25, -0.2) is 9.67 Å². The Hall–Kier alpha value is -2.35. The molecule has 0 spiro atoms. The summed E-state index contributed by atoms with van der Waals surface area (Å²) in [6, 6.07) is 7.68. The predicted octanol–water partition coefficient (Wildman–Crippen LogP) is 2.50. The SMILES string of the molecule is COc1ccc(Cn2cnc(C(C)(C)C)n2)cc1C#N. The average molecular weight is 270 g/mol. The van der Waals surface area contributed by atoms with E-state index in [1.165, 1.54) is 0 Å². The van der Waals surface area contributed by atoms with Gasteiger partial charge in [-0.2, -0.15) is 10.4 Å². The summed E-state index contributed by atoms with van der Waals surface area (Å²) in [4.78, 5) is 4.32. The normalized spacial score (nSPS) is 11.2. The lowest BCUT2D eigenvalue weighted by atomic mass is 9.96. The molecule has 0 aliphatic carbocycles. The van der Waals surface area contributed by atoms with Gasteiger partial charge in [-0.1, -0.05) is 26.8 Å². The second-order valence-corrected chi connectivity index (χ2v) is 5.66. The van der Waals surface area contributed by atoms with E-state index in [0.29, 0.717) is 17.9 Å². The predicted molar refractivity (Wildman–Crippen MR) is 75.5 cm³/mol. The van der Waals surface area contributed by atoms with Crippen LogP contribution in [0.5, 0.6) is 5.75 Å². The fraction of sp³-hybridized carbons (Fsp3) is 0.400. The van der Waals surface area contributed by atoms with E-state index in [1.54, 1.807) is 24.2 Å². The topological polar surface area (TPSA) is 63.7 Å². The molecule has 1 aromatic carbocycles. The van der Waals surface area contributed by atoms with Gasteiger partial charge in [-0.05, 0) is 17.7 Å². The molecule has 0 fully saturated rings. The highest BCUT2D eigenvalue weighted by atomic mass is 16.5. The van der Waals surface area contributed by atoms with Crippen LogP contribution in [0.25, 0.3) is 0 Å². The summed E-state index contributed by atoms with van der Waals surface area (Å²) < 4.78 is 6.91. The Labute approximate surface area is 118 Å². The number of nitrogens with zero attached hydrogens (tertiary/aromatic N) is 4. The van der Waals surface area contributed by atoms with Gasteiger partial charge in [0.05, 0.1) is 19.2 Å². The fourth-order valence-corrected chi connectivity index (χ4v) is 1.84. The van der Waals surface area contributed by atoms with Crippen molar-refractivity contribution in [2.75, 3.05) is 7.11 Å². The lowest BCUT2D eigenvalue weighted by molar-refractivity contribution is 0.413. The van der Waals surface area contributed by atoms with Gasteiger partial charge in [0.25, 0.3) is 0 Å². The van der Waals surface area contributed by atoms with Gasteiger partial charge < -0.3 is 4.74 Å². The summed E-state index contributed by atoms with van der Waals surface area (Å²) in [5.74, 6) is 1.40. The Morgan fingerprint density at radius 2 is 2.10 bits per heavy atom. The molecular formula is C15H18N4O. The zero-order chi connectivity index (χ0) is 14.8. The monoisotopic (exact) mass is 270 g/mol. The first-order valence-corrected chi connectivity index (χ1v) is 6.41. The Balaban J connectivity index is 2.23. The molecule has 0 saturated heterocycles. The highest BCUT2D eigenvalue weighted by Gasteiger charge is 2.18. The van der Waals surface area contributed by atoms with E-state index in [2.05, 4.69) is 36.9 Å². The molecule has 0 bridgehead atoms. The van der Waals surface area contributed by atoms with E-state index < -0.39 is 0 Å². The Morgan fingerprint density at radius 1 is 1.35 bits per heavy atom. The molecule has 20 heavy (non-hydrogen) atoms. The summed E-state index contributed by atoms with van der Waals surface area (Å²) in [7, 11) is 1.56. The fourth-order valence-electron chi connectivity index (χ4n) is 1.84. The summed E-state index contributed by atoms with van der Waals surface area (Å²) in [5, 5.41) is 13.6. The van der Waals surface area contributed by atoms with E-state index in [4.69, 9.17) is 10.00 Å². The molecule has 0 aliphatic rings. The minimum atomic E-state index is -0.0665. The van der Waals surface area contributed by atoms with Crippen molar-refractivity contribution in [2.45, 2.75) is 32.7 Å². The molecule has 0 saturated carbocycles. The molecule has 2 aromatic rings. The maximum absolute atomic E-state index is 9.09. The first kappa shape index (κ1) is 14.1. The van der Waals surface area contributed by atoms with Crippen molar-refractivity contribution in [1.82, 2.24) is 14.8 Å². The lowest BCUT2D eigenvalue weighted by Crippen LogP contribution is -2.14. The molecular weight excluding hydrogens is 252 g/mol. The number of rotatable bonds is 3. The summed E-state index contributed by atoms with van der Waals surface area (Å²) in [6.07, 6.45) is 1.72. The van der Waals surface area contributed by atoms with Crippen molar-refractivity contribution in [3.63, 3.8) is 0 Å². The van der Waals surface area contributed by atoms with Crippen molar-refractivity contribution in [1.29, 1.82) is 5.26 Å². The first-order chi connectivity index (χ1) is 9.44. The second kappa shape index (κ2) is 5.33. The van der Waals surface area contributed by atoms with Crippen molar-refractivity contribution in [3.05, 3.63) is 41.5 Å². The molecule has 1 heterocycles. The number of hydrogen-bond donors (Lipinski definition) is 0.